The van der Waals surface area contributed by atoms with Crippen molar-refractivity contribution in [3.8, 4) is 5.75 Å². The lowest BCUT2D eigenvalue weighted by Gasteiger charge is -2.31. The van der Waals surface area contributed by atoms with Crippen LogP contribution in [0.1, 0.15) is 36.5 Å². The zero-order valence-corrected chi connectivity index (χ0v) is 13.3. The van der Waals surface area contributed by atoms with Crippen LogP contribution in [0.4, 0.5) is 0 Å². The molecular formula is C17H24N2O3. The number of carbonyl (C=O) groups is 2. The summed E-state index contributed by atoms with van der Waals surface area (Å²) in [6.45, 7) is 4.19. The summed E-state index contributed by atoms with van der Waals surface area (Å²) in [6, 6.07) is 7.06. The SMILES string of the molecule is COc1ccccc1C(=O)NCCC(=O)N1CCC[C@H](C)C1. The second-order valence-electron chi connectivity index (χ2n) is 5.79. The first-order chi connectivity index (χ1) is 10.6. The number of para-hydroxylation sites is 1. The molecule has 0 unspecified atom stereocenters. The molecule has 0 spiro atoms. The van der Waals surface area contributed by atoms with E-state index in [-0.39, 0.29) is 11.8 Å². The molecule has 0 bridgehead atoms. The van der Waals surface area contributed by atoms with Gasteiger partial charge in [-0.1, -0.05) is 19.1 Å². The zero-order valence-electron chi connectivity index (χ0n) is 13.3. The van der Waals surface area contributed by atoms with Crippen molar-refractivity contribution in [2.24, 2.45) is 5.92 Å². The Balaban J connectivity index is 1.80. The molecule has 1 aliphatic heterocycles. The van der Waals surface area contributed by atoms with Gasteiger partial charge in [-0.05, 0) is 30.9 Å². The second kappa shape index (κ2) is 7.82. The summed E-state index contributed by atoms with van der Waals surface area (Å²) >= 11 is 0. The van der Waals surface area contributed by atoms with Crippen LogP contribution in [-0.4, -0.2) is 43.5 Å². The molecule has 1 N–H and O–H groups in total. The number of hydrogen-bond acceptors (Lipinski definition) is 3. The molecule has 5 nitrogen and oxygen atoms in total. The van der Waals surface area contributed by atoms with Crippen molar-refractivity contribution < 1.29 is 14.3 Å². The van der Waals surface area contributed by atoms with E-state index in [2.05, 4.69) is 12.2 Å². The van der Waals surface area contributed by atoms with Crippen LogP contribution in [-0.2, 0) is 4.79 Å². The number of carbonyl (C=O) groups excluding carboxylic acids is 2. The number of amides is 2. The monoisotopic (exact) mass is 304 g/mol. The fourth-order valence-electron chi connectivity index (χ4n) is 2.78. The van der Waals surface area contributed by atoms with Crippen LogP contribution in [0.15, 0.2) is 24.3 Å². The Morgan fingerprint density at radius 1 is 1.36 bits per heavy atom. The maximum atomic E-state index is 12.1. The Morgan fingerprint density at radius 2 is 2.14 bits per heavy atom. The molecule has 5 heteroatoms. The smallest absolute Gasteiger partial charge is 0.255 e. The minimum atomic E-state index is -0.211. The van der Waals surface area contributed by atoms with Crippen molar-refractivity contribution in [2.75, 3.05) is 26.7 Å². The summed E-state index contributed by atoms with van der Waals surface area (Å²) in [5.41, 5.74) is 0.490. The normalized spacial score (nSPS) is 17.9. The highest BCUT2D eigenvalue weighted by atomic mass is 16.5. The number of hydrogen-bond donors (Lipinski definition) is 1. The third-order valence-corrected chi connectivity index (χ3v) is 3.99. The van der Waals surface area contributed by atoms with Crippen LogP contribution >= 0.6 is 0 Å². The molecule has 1 atom stereocenters. The van der Waals surface area contributed by atoms with Gasteiger partial charge in [-0.25, -0.2) is 0 Å². The first kappa shape index (κ1) is 16.3. The number of nitrogens with zero attached hydrogens (tertiary/aromatic N) is 1. The number of ether oxygens (including phenoxy) is 1. The van der Waals surface area contributed by atoms with Crippen molar-refractivity contribution >= 4 is 11.8 Å². The minimum absolute atomic E-state index is 0.117. The molecule has 0 aliphatic carbocycles. The number of likely N-dealkylation sites (tertiary alicyclic amines) is 1. The van der Waals surface area contributed by atoms with Crippen LogP contribution in [0.25, 0.3) is 0 Å². The molecule has 120 valence electrons. The minimum Gasteiger partial charge on any atom is -0.496 e. The Morgan fingerprint density at radius 3 is 2.86 bits per heavy atom. The Labute approximate surface area is 131 Å². The molecule has 1 heterocycles. The van der Waals surface area contributed by atoms with E-state index in [1.165, 1.54) is 13.5 Å². The lowest BCUT2D eigenvalue weighted by Crippen LogP contribution is -2.40. The third kappa shape index (κ3) is 4.23. The van der Waals surface area contributed by atoms with E-state index in [0.29, 0.717) is 30.2 Å². The van der Waals surface area contributed by atoms with E-state index in [0.717, 1.165) is 19.5 Å². The van der Waals surface area contributed by atoms with E-state index < -0.39 is 0 Å². The Bertz CT molecular complexity index is 530. The maximum Gasteiger partial charge on any atom is 0.255 e. The summed E-state index contributed by atoms with van der Waals surface area (Å²) in [7, 11) is 1.53. The number of benzene rings is 1. The summed E-state index contributed by atoms with van der Waals surface area (Å²) in [5.74, 6) is 1.01. The molecule has 2 amide bonds. The average molecular weight is 304 g/mol. The van der Waals surface area contributed by atoms with Crippen molar-refractivity contribution in [3.05, 3.63) is 29.8 Å². The number of methoxy groups -OCH3 is 1. The van der Waals surface area contributed by atoms with Crippen molar-refractivity contribution in [3.63, 3.8) is 0 Å². The molecule has 2 rings (SSSR count). The molecule has 0 aromatic heterocycles. The van der Waals surface area contributed by atoms with Gasteiger partial charge in [0.05, 0.1) is 12.7 Å². The van der Waals surface area contributed by atoms with Gasteiger partial charge in [-0.2, -0.15) is 0 Å². The van der Waals surface area contributed by atoms with E-state index >= 15 is 0 Å². The number of piperidine rings is 1. The van der Waals surface area contributed by atoms with Gasteiger partial charge in [-0.15, -0.1) is 0 Å². The van der Waals surface area contributed by atoms with Gasteiger partial charge in [-0.3, -0.25) is 9.59 Å². The zero-order chi connectivity index (χ0) is 15.9. The van der Waals surface area contributed by atoms with Crippen LogP contribution in [0.3, 0.4) is 0 Å². The van der Waals surface area contributed by atoms with E-state index in [4.69, 9.17) is 4.74 Å². The highest BCUT2D eigenvalue weighted by Crippen LogP contribution is 2.17. The molecule has 1 aromatic carbocycles. The highest BCUT2D eigenvalue weighted by molar-refractivity contribution is 5.97. The van der Waals surface area contributed by atoms with Gasteiger partial charge < -0.3 is 15.0 Å². The largest absolute Gasteiger partial charge is 0.496 e. The fraction of sp³-hybridized carbons (Fsp3) is 0.529. The first-order valence-electron chi connectivity index (χ1n) is 7.80. The van der Waals surface area contributed by atoms with Gasteiger partial charge in [0.25, 0.3) is 5.91 Å². The molecular weight excluding hydrogens is 280 g/mol. The standard InChI is InChI=1S/C17H24N2O3/c1-13-6-5-11-19(12-13)16(20)9-10-18-17(21)14-7-3-4-8-15(14)22-2/h3-4,7-8,13H,5-6,9-12H2,1-2H3,(H,18,21)/t13-/m0/s1. The van der Waals surface area contributed by atoms with Gasteiger partial charge >= 0.3 is 0 Å². The van der Waals surface area contributed by atoms with Crippen molar-refractivity contribution in [2.45, 2.75) is 26.2 Å². The molecule has 0 saturated carbocycles. The van der Waals surface area contributed by atoms with E-state index in [9.17, 15) is 9.59 Å². The second-order valence-corrected chi connectivity index (χ2v) is 5.79. The quantitative estimate of drug-likeness (QED) is 0.906. The molecule has 0 radical (unpaired) electrons. The predicted molar refractivity (Wildman–Crippen MR) is 84.9 cm³/mol. The summed E-state index contributed by atoms with van der Waals surface area (Å²) < 4.78 is 5.16. The maximum absolute atomic E-state index is 12.1. The first-order valence-corrected chi connectivity index (χ1v) is 7.80. The van der Waals surface area contributed by atoms with Crippen LogP contribution < -0.4 is 10.1 Å². The lowest BCUT2D eigenvalue weighted by atomic mass is 10.00. The number of nitrogens with one attached hydrogen (secondary N) is 1. The van der Waals surface area contributed by atoms with Crippen molar-refractivity contribution in [1.29, 1.82) is 0 Å². The number of rotatable bonds is 5. The Kier molecular flexibility index (Phi) is 5.81. The fourth-order valence-corrected chi connectivity index (χ4v) is 2.78. The van der Waals surface area contributed by atoms with Gasteiger partial charge in [0.15, 0.2) is 0 Å². The van der Waals surface area contributed by atoms with E-state index in [1.54, 1.807) is 18.2 Å². The van der Waals surface area contributed by atoms with Crippen molar-refractivity contribution in [1.82, 2.24) is 10.2 Å². The molecule has 1 fully saturated rings. The Hall–Kier alpha value is -2.04. The molecule has 1 aromatic rings. The molecule has 1 aliphatic rings. The predicted octanol–water partition coefficient (Wildman–Crippen LogP) is 2.07. The average Bonchev–Trinajstić information content (AvgIpc) is 2.54. The highest BCUT2D eigenvalue weighted by Gasteiger charge is 2.20. The molecule has 22 heavy (non-hydrogen) atoms. The third-order valence-electron chi connectivity index (χ3n) is 3.99. The van der Waals surface area contributed by atoms with Gasteiger partial charge in [0.1, 0.15) is 5.75 Å². The topological polar surface area (TPSA) is 58.6 Å². The summed E-state index contributed by atoms with van der Waals surface area (Å²) in [5, 5.41) is 2.79. The molecule has 1 saturated heterocycles. The summed E-state index contributed by atoms with van der Waals surface area (Å²) in [6.07, 6.45) is 2.60. The van der Waals surface area contributed by atoms with Gasteiger partial charge in [0.2, 0.25) is 5.91 Å². The van der Waals surface area contributed by atoms with Crippen LogP contribution in [0.2, 0.25) is 0 Å². The van der Waals surface area contributed by atoms with Crippen LogP contribution in [0, 0.1) is 5.92 Å². The van der Waals surface area contributed by atoms with Crippen LogP contribution in [0.5, 0.6) is 5.75 Å². The van der Waals surface area contributed by atoms with Gasteiger partial charge in [0, 0.05) is 26.1 Å². The summed E-state index contributed by atoms with van der Waals surface area (Å²) in [4.78, 5) is 26.2. The van der Waals surface area contributed by atoms with E-state index in [1.807, 2.05) is 11.0 Å². The lowest BCUT2D eigenvalue weighted by molar-refractivity contribution is -0.132.